The van der Waals surface area contributed by atoms with E-state index in [1.165, 1.54) is 39.2 Å². The van der Waals surface area contributed by atoms with Crippen LogP contribution >= 0.6 is 0 Å². The van der Waals surface area contributed by atoms with Crippen LogP contribution in [0.1, 0.15) is 46.0 Å². The van der Waals surface area contributed by atoms with Crippen molar-refractivity contribution >= 4 is 11.9 Å². The normalized spacial score (nSPS) is 19.5. The molecule has 0 radical (unpaired) electrons. The summed E-state index contributed by atoms with van der Waals surface area (Å²) < 4.78 is 4.71. The van der Waals surface area contributed by atoms with Crippen molar-refractivity contribution in [2.24, 2.45) is 16.3 Å². The summed E-state index contributed by atoms with van der Waals surface area (Å²) in [6, 6.07) is 0. The highest BCUT2D eigenvalue weighted by atomic mass is 16.5. The van der Waals surface area contributed by atoms with Crippen LogP contribution < -0.4 is 10.6 Å². The molecular formula is C15H29N3O2. The molecule has 0 spiro atoms. The molecule has 20 heavy (non-hydrogen) atoms. The van der Waals surface area contributed by atoms with E-state index < -0.39 is 0 Å². The molecule has 5 nitrogen and oxygen atoms in total. The number of hydrogen-bond acceptors (Lipinski definition) is 3. The van der Waals surface area contributed by atoms with Gasteiger partial charge in [0.05, 0.1) is 13.0 Å². The van der Waals surface area contributed by atoms with Gasteiger partial charge in [0.2, 0.25) is 0 Å². The van der Waals surface area contributed by atoms with Crippen LogP contribution in [0.4, 0.5) is 0 Å². The fraction of sp³-hybridized carbons (Fsp3) is 0.867. The first kappa shape index (κ1) is 16.8. The van der Waals surface area contributed by atoms with Gasteiger partial charge in [0.15, 0.2) is 5.96 Å². The predicted molar refractivity (Wildman–Crippen MR) is 81.7 cm³/mol. The lowest BCUT2D eigenvalue weighted by Crippen LogP contribution is -2.44. The Balaban J connectivity index is 2.38. The summed E-state index contributed by atoms with van der Waals surface area (Å²) in [5, 5.41) is 6.59. The Morgan fingerprint density at radius 1 is 1.35 bits per heavy atom. The first-order valence-corrected chi connectivity index (χ1v) is 7.59. The molecular weight excluding hydrogens is 254 g/mol. The zero-order valence-electron chi connectivity index (χ0n) is 13.3. The van der Waals surface area contributed by atoms with Crippen molar-refractivity contribution in [3.05, 3.63) is 0 Å². The highest BCUT2D eigenvalue weighted by molar-refractivity contribution is 5.80. The molecule has 1 fully saturated rings. The molecule has 1 aliphatic carbocycles. The van der Waals surface area contributed by atoms with E-state index in [1.54, 1.807) is 7.05 Å². The second-order valence-corrected chi connectivity index (χ2v) is 5.79. The van der Waals surface area contributed by atoms with Crippen molar-refractivity contribution in [2.45, 2.75) is 46.0 Å². The van der Waals surface area contributed by atoms with Crippen LogP contribution in [0.5, 0.6) is 0 Å². The van der Waals surface area contributed by atoms with Crippen LogP contribution in [0, 0.1) is 11.3 Å². The number of esters is 1. The molecule has 5 heteroatoms. The maximum Gasteiger partial charge on any atom is 0.310 e. The summed E-state index contributed by atoms with van der Waals surface area (Å²) in [4.78, 5) is 15.6. The number of nitrogens with zero attached hydrogens (tertiary/aromatic N) is 1. The number of rotatable bonds is 6. The fourth-order valence-corrected chi connectivity index (χ4v) is 2.81. The molecule has 0 bridgehead atoms. The Labute approximate surface area is 122 Å². The van der Waals surface area contributed by atoms with Crippen LogP contribution in [0.3, 0.4) is 0 Å². The Kier molecular flexibility index (Phi) is 6.82. The van der Waals surface area contributed by atoms with Crippen molar-refractivity contribution < 1.29 is 9.53 Å². The number of nitrogens with one attached hydrogen (secondary N) is 2. The van der Waals surface area contributed by atoms with Gasteiger partial charge in [0.1, 0.15) is 0 Å². The van der Waals surface area contributed by atoms with E-state index in [-0.39, 0.29) is 11.9 Å². The van der Waals surface area contributed by atoms with Gasteiger partial charge < -0.3 is 15.4 Å². The van der Waals surface area contributed by atoms with Crippen molar-refractivity contribution in [1.29, 1.82) is 0 Å². The van der Waals surface area contributed by atoms with Gasteiger partial charge in [-0.1, -0.05) is 26.7 Å². The highest BCUT2D eigenvalue weighted by Crippen LogP contribution is 2.40. The summed E-state index contributed by atoms with van der Waals surface area (Å²) in [7, 11) is 3.17. The van der Waals surface area contributed by atoms with Gasteiger partial charge in [-0.15, -0.1) is 0 Å². The number of guanidine groups is 1. The molecule has 1 rings (SSSR count). The van der Waals surface area contributed by atoms with Gasteiger partial charge >= 0.3 is 5.97 Å². The van der Waals surface area contributed by atoms with E-state index >= 15 is 0 Å². The molecule has 1 saturated carbocycles. The van der Waals surface area contributed by atoms with Crippen LogP contribution in [-0.4, -0.2) is 39.2 Å². The van der Waals surface area contributed by atoms with E-state index in [2.05, 4.69) is 22.5 Å². The largest absolute Gasteiger partial charge is 0.469 e. The highest BCUT2D eigenvalue weighted by Gasteiger charge is 2.31. The van der Waals surface area contributed by atoms with Crippen molar-refractivity contribution in [3.63, 3.8) is 0 Å². The molecule has 1 atom stereocenters. The number of carbonyl (C=O) groups is 1. The second kappa shape index (κ2) is 8.12. The molecule has 0 aromatic heterocycles. The third kappa shape index (κ3) is 4.69. The van der Waals surface area contributed by atoms with Crippen LogP contribution in [0.15, 0.2) is 4.99 Å². The van der Waals surface area contributed by atoms with Crippen LogP contribution in [0.2, 0.25) is 0 Å². The number of hydrogen-bond donors (Lipinski definition) is 2. The zero-order valence-corrected chi connectivity index (χ0v) is 13.3. The Morgan fingerprint density at radius 3 is 2.50 bits per heavy atom. The Bertz CT molecular complexity index is 336. The number of aliphatic imine (C=N–C) groups is 1. The van der Waals surface area contributed by atoms with Gasteiger partial charge in [0, 0.05) is 20.1 Å². The molecule has 0 saturated heterocycles. The molecule has 0 amide bonds. The van der Waals surface area contributed by atoms with E-state index in [0.717, 1.165) is 12.5 Å². The van der Waals surface area contributed by atoms with Crippen LogP contribution in [-0.2, 0) is 9.53 Å². The molecule has 0 aliphatic heterocycles. The molecule has 0 heterocycles. The standard InChI is InChI=1S/C15H29N3O2/c1-5-15(8-6-7-9-15)11-18-14(16-3)17-10-12(2)13(19)20-4/h12H,5-11H2,1-4H3,(H2,16,17,18). The predicted octanol–water partition coefficient (Wildman–Crippen LogP) is 1.93. The molecule has 1 unspecified atom stereocenters. The first-order chi connectivity index (χ1) is 9.56. The van der Waals surface area contributed by atoms with E-state index in [1.807, 2.05) is 6.92 Å². The van der Waals surface area contributed by atoms with Crippen molar-refractivity contribution in [2.75, 3.05) is 27.2 Å². The third-order valence-electron chi connectivity index (χ3n) is 4.45. The van der Waals surface area contributed by atoms with Gasteiger partial charge in [-0.2, -0.15) is 0 Å². The Morgan fingerprint density at radius 2 is 2.00 bits per heavy atom. The third-order valence-corrected chi connectivity index (χ3v) is 4.45. The maximum absolute atomic E-state index is 11.4. The van der Waals surface area contributed by atoms with Crippen molar-refractivity contribution in [3.8, 4) is 0 Å². The maximum atomic E-state index is 11.4. The SMILES string of the molecule is CCC1(CNC(=NC)NCC(C)C(=O)OC)CCCC1. The smallest absolute Gasteiger partial charge is 0.310 e. The van der Waals surface area contributed by atoms with Gasteiger partial charge in [-0.3, -0.25) is 9.79 Å². The summed E-state index contributed by atoms with van der Waals surface area (Å²) in [6.07, 6.45) is 6.47. The molecule has 1 aliphatic rings. The van der Waals surface area contributed by atoms with Gasteiger partial charge in [-0.25, -0.2) is 0 Å². The molecule has 0 aromatic rings. The van der Waals surface area contributed by atoms with E-state index in [4.69, 9.17) is 4.74 Å². The van der Waals surface area contributed by atoms with Crippen LogP contribution in [0.25, 0.3) is 0 Å². The number of carbonyl (C=O) groups excluding carboxylic acids is 1. The average molecular weight is 283 g/mol. The monoisotopic (exact) mass is 283 g/mol. The Hall–Kier alpha value is -1.26. The minimum Gasteiger partial charge on any atom is -0.469 e. The summed E-state index contributed by atoms with van der Waals surface area (Å²) in [5.74, 6) is 0.388. The second-order valence-electron chi connectivity index (χ2n) is 5.79. The van der Waals surface area contributed by atoms with Gasteiger partial charge in [0.25, 0.3) is 0 Å². The lowest BCUT2D eigenvalue weighted by atomic mass is 9.83. The summed E-state index contributed by atoms with van der Waals surface area (Å²) in [6.45, 7) is 5.60. The number of methoxy groups -OCH3 is 1. The fourth-order valence-electron chi connectivity index (χ4n) is 2.81. The first-order valence-electron chi connectivity index (χ1n) is 7.59. The quantitative estimate of drug-likeness (QED) is 0.444. The summed E-state index contributed by atoms with van der Waals surface area (Å²) >= 11 is 0. The summed E-state index contributed by atoms with van der Waals surface area (Å²) in [5.41, 5.74) is 0.422. The average Bonchev–Trinajstić information content (AvgIpc) is 2.95. The molecule has 2 N–H and O–H groups in total. The zero-order chi connectivity index (χ0) is 15.0. The lowest BCUT2D eigenvalue weighted by molar-refractivity contribution is -0.144. The van der Waals surface area contributed by atoms with Crippen molar-refractivity contribution in [1.82, 2.24) is 10.6 Å². The minimum absolute atomic E-state index is 0.176. The minimum atomic E-state index is -0.200. The van der Waals surface area contributed by atoms with E-state index in [0.29, 0.717) is 12.0 Å². The van der Waals surface area contributed by atoms with Gasteiger partial charge in [-0.05, 0) is 24.7 Å². The topological polar surface area (TPSA) is 62.7 Å². The lowest BCUT2D eigenvalue weighted by Gasteiger charge is -2.28. The van der Waals surface area contributed by atoms with E-state index in [9.17, 15) is 4.79 Å². The number of ether oxygens (including phenoxy) is 1. The molecule has 116 valence electrons. The molecule has 0 aromatic carbocycles.